The maximum atomic E-state index is 5.38. The van der Waals surface area contributed by atoms with Gasteiger partial charge in [0.25, 0.3) is 0 Å². The second-order valence-corrected chi connectivity index (χ2v) is 5.73. The molecule has 4 heteroatoms. The van der Waals surface area contributed by atoms with Gasteiger partial charge >= 0.3 is 0 Å². The van der Waals surface area contributed by atoms with E-state index in [4.69, 9.17) is 4.74 Å². The first-order valence-corrected chi connectivity index (χ1v) is 7.31. The van der Waals surface area contributed by atoms with Gasteiger partial charge in [0.2, 0.25) is 0 Å². The predicted molar refractivity (Wildman–Crippen MR) is 86.5 cm³/mol. The summed E-state index contributed by atoms with van der Waals surface area (Å²) in [6, 6.07) is 8.27. The molecule has 20 heavy (non-hydrogen) atoms. The summed E-state index contributed by atoms with van der Waals surface area (Å²) in [7, 11) is 1.71. The van der Waals surface area contributed by atoms with Crippen molar-refractivity contribution < 1.29 is 4.74 Å². The number of anilines is 1. The van der Waals surface area contributed by atoms with Gasteiger partial charge in [0.1, 0.15) is 11.6 Å². The Balaban J connectivity index is 2.13. The number of aryl methyl sites for hydroxylation is 3. The van der Waals surface area contributed by atoms with Crippen molar-refractivity contribution >= 4 is 21.7 Å². The van der Waals surface area contributed by atoms with Crippen molar-refractivity contribution in [1.29, 1.82) is 0 Å². The summed E-state index contributed by atoms with van der Waals surface area (Å²) in [5.41, 5.74) is 4.52. The lowest BCUT2D eigenvalue weighted by Gasteiger charge is -2.12. The van der Waals surface area contributed by atoms with Crippen molar-refractivity contribution in [1.82, 2.24) is 4.98 Å². The minimum atomic E-state index is 0.750. The van der Waals surface area contributed by atoms with Gasteiger partial charge < -0.3 is 10.1 Å². The number of hydrogen-bond acceptors (Lipinski definition) is 3. The van der Waals surface area contributed by atoms with Crippen LogP contribution >= 0.6 is 15.9 Å². The molecule has 0 spiro atoms. The van der Waals surface area contributed by atoms with E-state index in [0.717, 1.165) is 39.4 Å². The van der Waals surface area contributed by atoms with Crippen molar-refractivity contribution in [3.05, 3.63) is 51.1 Å². The summed E-state index contributed by atoms with van der Waals surface area (Å²) in [4.78, 5) is 4.48. The number of hydrogen-bond donors (Lipinski definition) is 1. The Morgan fingerprint density at radius 3 is 2.35 bits per heavy atom. The molecule has 0 amide bonds. The number of methoxy groups -OCH3 is 1. The van der Waals surface area contributed by atoms with Gasteiger partial charge in [0.05, 0.1) is 12.8 Å². The van der Waals surface area contributed by atoms with E-state index in [1.807, 2.05) is 19.1 Å². The molecular formula is C16H19BrN2O. The molecule has 1 heterocycles. The molecule has 106 valence electrons. The van der Waals surface area contributed by atoms with Gasteiger partial charge in [-0.1, -0.05) is 12.1 Å². The largest absolute Gasteiger partial charge is 0.496 e. The standard InChI is InChI=1S/C16H19BrN2O/c1-10-7-13(8-11(2)16(10)20-4)9-18-15-6-5-14(17)12(3)19-15/h5-8H,9H2,1-4H3,(H,18,19). The summed E-state index contributed by atoms with van der Waals surface area (Å²) in [5, 5.41) is 3.35. The molecule has 0 atom stereocenters. The minimum Gasteiger partial charge on any atom is -0.496 e. The topological polar surface area (TPSA) is 34.1 Å². The van der Waals surface area contributed by atoms with E-state index in [9.17, 15) is 0 Å². The van der Waals surface area contributed by atoms with Gasteiger partial charge in [-0.15, -0.1) is 0 Å². The Labute approximate surface area is 128 Å². The first kappa shape index (κ1) is 14.9. The van der Waals surface area contributed by atoms with Crippen LogP contribution in [-0.4, -0.2) is 12.1 Å². The maximum absolute atomic E-state index is 5.38. The summed E-state index contributed by atoms with van der Waals surface area (Å²) in [5.74, 6) is 1.85. The van der Waals surface area contributed by atoms with Gasteiger partial charge in [-0.2, -0.15) is 0 Å². The number of ether oxygens (including phenoxy) is 1. The van der Waals surface area contributed by atoms with E-state index < -0.39 is 0 Å². The molecule has 2 rings (SSSR count). The monoisotopic (exact) mass is 334 g/mol. The van der Waals surface area contributed by atoms with E-state index in [0.29, 0.717) is 0 Å². The predicted octanol–water partition coefficient (Wildman–Crippen LogP) is 4.39. The Hall–Kier alpha value is -1.55. The van der Waals surface area contributed by atoms with Crippen molar-refractivity contribution in [2.45, 2.75) is 27.3 Å². The minimum absolute atomic E-state index is 0.750. The average molecular weight is 335 g/mol. The molecule has 0 aliphatic heterocycles. The molecule has 0 radical (unpaired) electrons. The highest BCUT2D eigenvalue weighted by molar-refractivity contribution is 9.10. The van der Waals surface area contributed by atoms with Crippen LogP contribution in [0.25, 0.3) is 0 Å². The van der Waals surface area contributed by atoms with Crippen LogP contribution in [0.3, 0.4) is 0 Å². The Morgan fingerprint density at radius 2 is 1.80 bits per heavy atom. The zero-order valence-electron chi connectivity index (χ0n) is 12.2. The van der Waals surface area contributed by atoms with Gasteiger partial charge in [-0.05, 0) is 65.5 Å². The fourth-order valence-corrected chi connectivity index (χ4v) is 2.52. The van der Waals surface area contributed by atoms with E-state index >= 15 is 0 Å². The first-order chi connectivity index (χ1) is 9.51. The number of benzene rings is 1. The first-order valence-electron chi connectivity index (χ1n) is 6.52. The van der Waals surface area contributed by atoms with Crippen LogP contribution < -0.4 is 10.1 Å². The molecule has 1 N–H and O–H groups in total. The Morgan fingerprint density at radius 1 is 1.15 bits per heavy atom. The quantitative estimate of drug-likeness (QED) is 0.900. The van der Waals surface area contributed by atoms with Crippen molar-refractivity contribution in [3.8, 4) is 5.75 Å². The molecule has 0 saturated heterocycles. The Kier molecular flexibility index (Phi) is 4.65. The second-order valence-electron chi connectivity index (χ2n) is 4.88. The van der Waals surface area contributed by atoms with Crippen LogP contribution in [0, 0.1) is 20.8 Å². The molecule has 1 aromatic heterocycles. The molecule has 0 fully saturated rings. The summed E-state index contributed by atoms with van der Waals surface area (Å²) in [6.45, 7) is 6.87. The van der Waals surface area contributed by atoms with Crippen molar-refractivity contribution in [2.75, 3.05) is 12.4 Å². The number of rotatable bonds is 4. The fraction of sp³-hybridized carbons (Fsp3) is 0.312. The zero-order chi connectivity index (χ0) is 14.7. The third kappa shape index (κ3) is 3.31. The molecule has 2 aromatic rings. The molecule has 0 unspecified atom stereocenters. The van der Waals surface area contributed by atoms with Crippen molar-refractivity contribution in [2.24, 2.45) is 0 Å². The van der Waals surface area contributed by atoms with Crippen LogP contribution in [0.4, 0.5) is 5.82 Å². The molecular weight excluding hydrogens is 316 g/mol. The van der Waals surface area contributed by atoms with E-state index in [1.165, 1.54) is 5.56 Å². The summed E-state index contributed by atoms with van der Waals surface area (Å²) >= 11 is 3.46. The lowest BCUT2D eigenvalue weighted by Crippen LogP contribution is -2.03. The van der Waals surface area contributed by atoms with Gasteiger partial charge in [0.15, 0.2) is 0 Å². The van der Waals surface area contributed by atoms with E-state index in [2.05, 4.69) is 52.2 Å². The number of aromatic nitrogens is 1. The van der Waals surface area contributed by atoms with Gasteiger partial charge in [-0.25, -0.2) is 4.98 Å². The number of nitrogens with zero attached hydrogens (tertiary/aromatic N) is 1. The summed E-state index contributed by atoms with van der Waals surface area (Å²) < 4.78 is 6.41. The summed E-state index contributed by atoms with van der Waals surface area (Å²) in [6.07, 6.45) is 0. The lowest BCUT2D eigenvalue weighted by molar-refractivity contribution is 0.408. The zero-order valence-corrected chi connectivity index (χ0v) is 13.8. The molecule has 0 saturated carbocycles. The van der Waals surface area contributed by atoms with Crippen LogP contribution in [0.5, 0.6) is 5.75 Å². The van der Waals surface area contributed by atoms with Crippen LogP contribution in [0.1, 0.15) is 22.4 Å². The average Bonchev–Trinajstić information content (AvgIpc) is 2.40. The number of halogens is 1. The highest BCUT2D eigenvalue weighted by Crippen LogP contribution is 2.24. The SMILES string of the molecule is COc1c(C)cc(CNc2ccc(Br)c(C)n2)cc1C. The molecule has 0 aliphatic rings. The van der Waals surface area contributed by atoms with Crippen molar-refractivity contribution in [3.63, 3.8) is 0 Å². The molecule has 0 aliphatic carbocycles. The Bertz CT molecular complexity index is 603. The second kappa shape index (κ2) is 6.27. The molecule has 1 aromatic carbocycles. The highest BCUT2D eigenvalue weighted by atomic mass is 79.9. The maximum Gasteiger partial charge on any atom is 0.126 e. The molecule has 0 bridgehead atoms. The normalized spacial score (nSPS) is 10.4. The third-order valence-electron chi connectivity index (χ3n) is 3.22. The van der Waals surface area contributed by atoms with Gasteiger partial charge in [-0.3, -0.25) is 0 Å². The molecule has 3 nitrogen and oxygen atoms in total. The van der Waals surface area contributed by atoms with E-state index in [-0.39, 0.29) is 0 Å². The van der Waals surface area contributed by atoms with Gasteiger partial charge in [0, 0.05) is 11.0 Å². The van der Waals surface area contributed by atoms with Crippen LogP contribution in [-0.2, 0) is 6.54 Å². The smallest absolute Gasteiger partial charge is 0.126 e. The highest BCUT2D eigenvalue weighted by Gasteiger charge is 2.05. The number of nitrogens with one attached hydrogen (secondary N) is 1. The lowest BCUT2D eigenvalue weighted by atomic mass is 10.1. The van der Waals surface area contributed by atoms with Crippen LogP contribution in [0.15, 0.2) is 28.7 Å². The third-order valence-corrected chi connectivity index (χ3v) is 4.06. The van der Waals surface area contributed by atoms with E-state index in [1.54, 1.807) is 7.11 Å². The number of pyridine rings is 1. The van der Waals surface area contributed by atoms with Crippen LogP contribution in [0.2, 0.25) is 0 Å². The fourth-order valence-electron chi connectivity index (χ4n) is 2.30.